The zero-order chi connectivity index (χ0) is 14.8. The van der Waals surface area contributed by atoms with E-state index in [2.05, 4.69) is 15.9 Å². The summed E-state index contributed by atoms with van der Waals surface area (Å²) in [7, 11) is 0. The molecule has 110 valence electrons. The van der Waals surface area contributed by atoms with E-state index in [9.17, 15) is 4.39 Å². The largest absolute Gasteiger partial charge is 0.488 e. The topological polar surface area (TPSA) is 53.7 Å². The van der Waals surface area contributed by atoms with Crippen LogP contribution in [0.2, 0.25) is 0 Å². The Morgan fingerprint density at radius 2 is 1.90 bits per heavy atom. The lowest BCUT2D eigenvalue weighted by Crippen LogP contribution is -2.03. The highest BCUT2D eigenvalue weighted by Crippen LogP contribution is 2.38. The molecule has 2 aromatic carbocycles. The minimum absolute atomic E-state index is 0.194. The van der Waals surface area contributed by atoms with Crippen molar-refractivity contribution in [2.45, 2.75) is 13.2 Å². The first-order valence-electron chi connectivity index (χ1n) is 6.36. The summed E-state index contributed by atoms with van der Waals surface area (Å²) in [6, 6.07) is 8.19. The third-order valence-electron chi connectivity index (χ3n) is 3.09. The van der Waals surface area contributed by atoms with Crippen LogP contribution in [0.1, 0.15) is 11.1 Å². The maximum atomic E-state index is 13.3. The van der Waals surface area contributed by atoms with Crippen LogP contribution in [0.4, 0.5) is 4.39 Å². The summed E-state index contributed by atoms with van der Waals surface area (Å²) in [5.41, 5.74) is 7.26. The van der Waals surface area contributed by atoms with E-state index in [-0.39, 0.29) is 19.2 Å². The molecule has 0 atom stereocenters. The fourth-order valence-corrected chi connectivity index (χ4v) is 2.63. The lowest BCUT2D eigenvalue weighted by molar-refractivity contribution is 0.173. The molecular formula is C15H13BrFNO3. The van der Waals surface area contributed by atoms with Crippen molar-refractivity contribution in [2.24, 2.45) is 5.73 Å². The van der Waals surface area contributed by atoms with E-state index >= 15 is 0 Å². The molecule has 6 heteroatoms. The SMILES string of the molecule is NCc1cc2c(cc1OCc1cc(F)cc(Br)c1)OCO2. The third-order valence-corrected chi connectivity index (χ3v) is 3.55. The number of nitrogens with two attached hydrogens (primary N) is 1. The van der Waals surface area contributed by atoms with Gasteiger partial charge in [0, 0.05) is 22.6 Å². The average molecular weight is 354 g/mol. The van der Waals surface area contributed by atoms with Crippen LogP contribution in [0.5, 0.6) is 17.2 Å². The summed E-state index contributed by atoms with van der Waals surface area (Å²) in [6.45, 7) is 0.751. The van der Waals surface area contributed by atoms with Gasteiger partial charge in [-0.15, -0.1) is 0 Å². The molecule has 0 unspecified atom stereocenters. The van der Waals surface area contributed by atoms with Crippen molar-refractivity contribution in [1.82, 2.24) is 0 Å². The van der Waals surface area contributed by atoms with Crippen LogP contribution in [0, 0.1) is 5.82 Å². The number of hydrogen-bond acceptors (Lipinski definition) is 4. The number of halogens is 2. The summed E-state index contributed by atoms with van der Waals surface area (Å²) in [6.07, 6.45) is 0. The molecule has 0 amide bonds. The van der Waals surface area contributed by atoms with Crippen molar-refractivity contribution in [2.75, 3.05) is 6.79 Å². The number of hydrogen-bond donors (Lipinski definition) is 1. The van der Waals surface area contributed by atoms with E-state index in [0.29, 0.717) is 28.3 Å². The Bertz CT molecular complexity index is 658. The van der Waals surface area contributed by atoms with Gasteiger partial charge < -0.3 is 19.9 Å². The molecule has 21 heavy (non-hydrogen) atoms. The molecule has 1 heterocycles. The summed E-state index contributed by atoms with van der Waals surface area (Å²) >= 11 is 3.26. The standard InChI is InChI=1S/C15H13BrFNO3/c16-11-1-9(2-12(17)4-11)7-19-13-5-15-14(20-8-21-15)3-10(13)6-18/h1-5H,6-8,18H2. The Labute approximate surface area is 129 Å². The summed E-state index contributed by atoms with van der Waals surface area (Å²) in [5.74, 6) is 1.59. The van der Waals surface area contributed by atoms with Gasteiger partial charge in [-0.25, -0.2) is 4.39 Å². The van der Waals surface area contributed by atoms with E-state index in [1.807, 2.05) is 0 Å². The molecule has 0 aromatic heterocycles. The van der Waals surface area contributed by atoms with Gasteiger partial charge in [-0.2, -0.15) is 0 Å². The number of ether oxygens (including phenoxy) is 3. The predicted molar refractivity (Wildman–Crippen MR) is 78.9 cm³/mol. The van der Waals surface area contributed by atoms with Crippen LogP contribution >= 0.6 is 15.9 Å². The number of benzene rings is 2. The smallest absolute Gasteiger partial charge is 0.231 e. The van der Waals surface area contributed by atoms with Gasteiger partial charge in [0.2, 0.25) is 6.79 Å². The van der Waals surface area contributed by atoms with E-state index in [1.165, 1.54) is 12.1 Å². The third kappa shape index (κ3) is 3.11. The van der Waals surface area contributed by atoms with Crippen LogP contribution in [0.15, 0.2) is 34.8 Å². The Morgan fingerprint density at radius 3 is 2.62 bits per heavy atom. The molecule has 0 saturated heterocycles. The van der Waals surface area contributed by atoms with Gasteiger partial charge in [0.05, 0.1) is 0 Å². The first-order chi connectivity index (χ1) is 10.2. The number of fused-ring (bicyclic) bond motifs is 1. The molecule has 4 nitrogen and oxygen atoms in total. The van der Waals surface area contributed by atoms with Crippen molar-refractivity contribution < 1.29 is 18.6 Å². The molecular weight excluding hydrogens is 341 g/mol. The normalized spacial score (nSPS) is 12.5. The lowest BCUT2D eigenvalue weighted by Gasteiger charge is -2.12. The summed E-state index contributed by atoms with van der Waals surface area (Å²) in [5, 5.41) is 0. The molecule has 2 aromatic rings. The van der Waals surface area contributed by atoms with Crippen LogP contribution in [0.3, 0.4) is 0 Å². The first kappa shape index (κ1) is 14.2. The molecule has 0 spiro atoms. The molecule has 0 aliphatic carbocycles. The predicted octanol–water partition coefficient (Wildman–Crippen LogP) is 3.35. The van der Waals surface area contributed by atoms with Crippen molar-refractivity contribution in [3.05, 3.63) is 51.7 Å². The molecule has 0 saturated carbocycles. The van der Waals surface area contributed by atoms with Gasteiger partial charge in [-0.1, -0.05) is 15.9 Å². The minimum atomic E-state index is -0.312. The quantitative estimate of drug-likeness (QED) is 0.915. The average Bonchev–Trinajstić information content (AvgIpc) is 2.90. The highest BCUT2D eigenvalue weighted by atomic mass is 79.9. The van der Waals surface area contributed by atoms with E-state index in [0.717, 1.165) is 11.1 Å². The highest BCUT2D eigenvalue weighted by Gasteiger charge is 2.17. The Balaban J connectivity index is 1.81. The Morgan fingerprint density at radius 1 is 1.14 bits per heavy atom. The van der Waals surface area contributed by atoms with Crippen LogP contribution in [-0.2, 0) is 13.2 Å². The van der Waals surface area contributed by atoms with Crippen LogP contribution < -0.4 is 19.9 Å². The maximum Gasteiger partial charge on any atom is 0.231 e. The van der Waals surface area contributed by atoms with Crippen molar-refractivity contribution in [3.63, 3.8) is 0 Å². The molecule has 1 aliphatic rings. The zero-order valence-corrected chi connectivity index (χ0v) is 12.7. The van der Waals surface area contributed by atoms with Gasteiger partial charge in [0.25, 0.3) is 0 Å². The van der Waals surface area contributed by atoms with Gasteiger partial charge in [0.15, 0.2) is 11.5 Å². The molecule has 0 bridgehead atoms. The van der Waals surface area contributed by atoms with E-state index in [4.69, 9.17) is 19.9 Å². The molecule has 2 N–H and O–H groups in total. The maximum absolute atomic E-state index is 13.3. The molecule has 3 rings (SSSR count). The fourth-order valence-electron chi connectivity index (χ4n) is 2.11. The first-order valence-corrected chi connectivity index (χ1v) is 7.15. The van der Waals surface area contributed by atoms with Crippen LogP contribution in [-0.4, -0.2) is 6.79 Å². The summed E-state index contributed by atoms with van der Waals surface area (Å²) < 4.78 is 30.4. The zero-order valence-electron chi connectivity index (χ0n) is 11.1. The Kier molecular flexibility index (Phi) is 3.98. The van der Waals surface area contributed by atoms with E-state index < -0.39 is 0 Å². The van der Waals surface area contributed by atoms with Crippen molar-refractivity contribution in [3.8, 4) is 17.2 Å². The minimum Gasteiger partial charge on any atom is -0.488 e. The van der Waals surface area contributed by atoms with Crippen molar-refractivity contribution >= 4 is 15.9 Å². The Hall–Kier alpha value is -1.79. The second kappa shape index (κ2) is 5.91. The van der Waals surface area contributed by atoms with Crippen LogP contribution in [0.25, 0.3) is 0 Å². The number of rotatable bonds is 4. The molecule has 0 radical (unpaired) electrons. The monoisotopic (exact) mass is 353 g/mol. The van der Waals surface area contributed by atoms with E-state index in [1.54, 1.807) is 18.2 Å². The van der Waals surface area contributed by atoms with Gasteiger partial charge in [-0.05, 0) is 29.8 Å². The summed E-state index contributed by atoms with van der Waals surface area (Å²) in [4.78, 5) is 0. The molecule has 1 aliphatic heterocycles. The van der Waals surface area contributed by atoms with Gasteiger partial charge in [0.1, 0.15) is 18.2 Å². The fraction of sp³-hybridized carbons (Fsp3) is 0.200. The van der Waals surface area contributed by atoms with Gasteiger partial charge >= 0.3 is 0 Å². The lowest BCUT2D eigenvalue weighted by atomic mass is 10.1. The molecule has 0 fully saturated rings. The van der Waals surface area contributed by atoms with Crippen molar-refractivity contribution in [1.29, 1.82) is 0 Å². The van der Waals surface area contributed by atoms with Gasteiger partial charge in [-0.3, -0.25) is 0 Å². The second-order valence-electron chi connectivity index (χ2n) is 4.58. The second-order valence-corrected chi connectivity index (χ2v) is 5.50. The highest BCUT2D eigenvalue weighted by molar-refractivity contribution is 9.10.